The SMILES string of the molecule is CNC(=O)c1ccc2c(c1)nc(-c1ccc(C#N)cc1)n2-c1ccc(C)cc1. The molecule has 136 valence electrons. The third-order valence-corrected chi connectivity index (χ3v) is 4.71. The molecule has 0 aliphatic rings. The van der Waals surface area contributed by atoms with Gasteiger partial charge >= 0.3 is 0 Å². The second-order valence-electron chi connectivity index (χ2n) is 6.58. The van der Waals surface area contributed by atoms with Crippen molar-refractivity contribution in [2.45, 2.75) is 6.92 Å². The van der Waals surface area contributed by atoms with Gasteiger partial charge < -0.3 is 5.32 Å². The Morgan fingerprint density at radius 1 is 1.04 bits per heavy atom. The molecule has 28 heavy (non-hydrogen) atoms. The average molecular weight is 366 g/mol. The summed E-state index contributed by atoms with van der Waals surface area (Å²) in [5, 5.41) is 11.7. The molecule has 1 heterocycles. The van der Waals surface area contributed by atoms with Gasteiger partial charge in [-0.2, -0.15) is 5.26 Å². The van der Waals surface area contributed by atoms with Crippen molar-refractivity contribution in [1.82, 2.24) is 14.9 Å². The average Bonchev–Trinajstić information content (AvgIpc) is 3.12. The lowest BCUT2D eigenvalue weighted by Crippen LogP contribution is -2.17. The second kappa shape index (κ2) is 7.01. The quantitative estimate of drug-likeness (QED) is 0.590. The number of nitrogens with one attached hydrogen (secondary N) is 1. The summed E-state index contributed by atoms with van der Waals surface area (Å²) in [5.74, 6) is 0.615. The molecule has 0 saturated carbocycles. The van der Waals surface area contributed by atoms with E-state index in [0.717, 1.165) is 28.1 Å². The zero-order chi connectivity index (χ0) is 19.7. The van der Waals surface area contributed by atoms with Gasteiger partial charge in [-0.05, 0) is 61.5 Å². The van der Waals surface area contributed by atoms with Gasteiger partial charge in [0, 0.05) is 23.9 Å². The smallest absolute Gasteiger partial charge is 0.251 e. The number of aryl methyl sites for hydroxylation is 1. The van der Waals surface area contributed by atoms with Crippen LogP contribution in [0.5, 0.6) is 0 Å². The number of aromatic nitrogens is 2. The molecule has 0 aliphatic heterocycles. The van der Waals surface area contributed by atoms with Crippen molar-refractivity contribution in [2.75, 3.05) is 7.05 Å². The maximum absolute atomic E-state index is 12.0. The molecule has 0 aliphatic carbocycles. The fourth-order valence-corrected chi connectivity index (χ4v) is 3.21. The van der Waals surface area contributed by atoms with Crippen LogP contribution in [0.1, 0.15) is 21.5 Å². The van der Waals surface area contributed by atoms with Crippen LogP contribution < -0.4 is 5.32 Å². The predicted octanol–water partition coefficient (Wildman–Crippen LogP) is 4.23. The molecule has 4 aromatic rings. The zero-order valence-electron chi connectivity index (χ0n) is 15.6. The topological polar surface area (TPSA) is 70.7 Å². The van der Waals surface area contributed by atoms with Gasteiger partial charge in [-0.15, -0.1) is 0 Å². The van der Waals surface area contributed by atoms with Crippen LogP contribution in [-0.4, -0.2) is 22.5 Å². The second-order valence-corrected chi connectivity index (χ2v) is 6.58. The molecular formula is C23H18N4O. The highest BCUT2D eigenvalue weighted by molar-refractivity contribution is 5.98. The monoisotopic (exact) mass is 366 g/mol. The Bertz CT molecular complexity index is 1210. The first-order valence-corrected chi connectivity index (χ1v) is 8.93. The van der Waals surface area contributed by atoms with Crippen LogP contribution in [0, 0.1) is 18.3 Å². The Kier molecular flexibility index (Phi) is 4.38. The minimum absolute atomic E-state index is 0.147. The van der Waals surface area contributed by atoms with E-state index in [-0.39, 0.29) is 5.91 Å². The van der Waals surface area contributed by atoms with Crippen molar-refractivity contribution in [3.63, 3.8) is 0 Å². The Balaban J connectivity index is 1.97. The first-order chi connectivity index (χ1) is 13.6. The van der Waals surface area contributed by atoms with Gasteiger partial charge in [0.2, 0.25) is 0 Å². The maximum Gasteiger partial charge on any atom is 0.251 e. The number of hydrogen-bond acceptors (Lipinski definition) is 3. The Morgan fingerprint density at radius 3 is 2.39 bits per heavy atom. The highest BCUT2D eigenvalue weighted by Gasteiger charge is 2.16. The fraction of sp³-hybridized carbons (Fsp3) is 0.0870. The molecule has 5 nitrogen and oxygen atoms in total. The van der Waals surface area contributed by atoms with Crippen molar-refractivity contribution in [2.24, 2.45) is 0 Å². The summed E-state index contributed by atoms with van der Waals surface area (Å²) < 4.78 is 2.07. The Hall–Kier alpha value is -3.91. The van der Waals surface area contributed by atoms with Crippen molar-refractivity contribution in [1.29, 1.82) is 5.26 Å². The zero-order valence-corrected chi connectivity index (χ0v) is 15.6. The van der Waals surface area contributed by atoms with E-state index in [9.17, 15) is 4.79 Å². The molecule has 0 saturated heterocycles. The highest BCUT2D eigenvalue weighted by atomic mass is 16.1. The maximum atomic E-state index is 12.0. The summed E-state index contributed by atoms with van der Waals surface area (Å²) in [5.41, 5.74) is 5.88. The van der Waals surface area contributed by atoms with E-state index in [4.69, 9.17) is 10.2 Å². The first-order valence-electron chi connectivity index (χ1n) is 8.93. The van der Waals surface area contributed by atoms with E-state index in [0.29, 0.717) is 11.1 Å². The van der Waals surface area contributed by atoms with Crippen molar-refractivity contribution < 1.29 is 4.79 Å². The van der Waals surface area contributed by atoms with Crippen LogP contribution >= 0.6 is 0 Å². The van der Waals surface area contributed by atoms with Crippen LogP contribution in [0.4, 0.5) is 0 Å². The van der Waals surface area contributed by atoms with Gasteiger partial charge in [0.05, 0.1) is 22.7 Å². The summed E-state index contributed by atoms with van der Waals surface area (Å²) in [6, 6.07) is 23.2. The van der Waals surface area contributed by atoms with Crippen LogP contribution in [0.2, 0.25) is 0 Å². The molecule has 0 spiro atoms. The highest BCUT2D eigenvalue weighted by Crippen LogP contribution is 2.29. The summed E-state index contributed by atoms with van der Waals surface area (Å²) in [7, 11) is 1.61. The molecule has 0 atom stereocenters. The number of imidazole rings is 1. The van der Waals surface area contributed by atoms with E-state index in [1.54, 1.807) is 31.3 Å². The minimum Gasteiger partial charge on any atom is -0.355 e. The van der Waals surface area contributed by atoms with Crippen molar-refractivity contribution >= 4 is 16.9 Å². The van der Waals surface area contributed by atoms with Crippen LogP contribution in [0.3, 0.4) is 0 Å². The Labute approximate surface area is 162 Å². The summed E-state index contributed by atoms with van der Waals surface area (Å²) in [4.78, 5) is 16.8. The molecule has 1 aromatic heterocycles. The molecule has 1 N–H and O–H groups in total. The number of nitriles is 1. The van der Waals surface area contributed by atoms with Crippen molar-refractivity contribution in [3.05, 3.63) is 83.4 Å². The molecule has 5 heteroatoms. The number of amides is 1. The number of carbonyl (C=O) groups excluding carboxylic acids is 1. The third-order valence-electron chi connectivity index (χ3n) is 4.71. The van der Waals surface area contributed by atoms with E-state index in [1.807, 2.05) is 25.1 Å². The number of nitrogens with zero attached hydrogens (tertiary/aromatic N) is 3. The largest absolute Gasteiger partial charge is 0.355 e. The number of carbonyl (C=O) groups is 1. The molecule has 0 radical (unpaired) electrons. The van der Waals surface area contributed by atoms with Gasteiger partial charge in [-0.3, -0.25) is 9.36 Å². The molecule has 0 fully saturated rings. The van der Waals surface area contributed by atoms with Gasteiger partial charge in [-0.1, -0.05) is 17.7 Å². The van der Waals surface area contributed by atoms with E-state index in [1.165, 1.54) is 5.56 Å². The van der Waals surface area contributed by atoms with Gasteiger partial charge in [0.1, 0.15) is 5.82 Å². The van der Waals surface area contributed by atoms with Crippen LogP contribution in [-0.2, 0) is 0 Å². The molecule has 4 rings (SSSR count). The predicted molar refractivity (Wildman–Crippen MR) is 109 cm³/mol. The lowest BCUT2D eigenvalue weighted by Gasteiger charge is -2.10. The first kappa shape index (κ1) is 17.5. The molecular weight excluding hydrogens is 348 g/mol. The number of rotatable bonds is 3. The molecule has 0 unspecified atom stereocenters. The summed E-state index contributed by atoms with van der Waals surface area (Å²) in [6.45, 7) is 2.05. The lowest BCUT2D eigenvalue weighted by molar-refractivity contribution is 0.0963. The van der Waals surface area contributed by atoms with Gasteiger partial charge in [0.15, 0.2) is 0 Å². The molecule has 3 aromatic carbocycles. The number of fused-ring (bicyclic) bond motifs is 1. The summed E-state index contributed by atoms with van der Waals surface area (Å²) in [6.07, 6.45) is 0. The molecule has 1 amide bonds. The third kappa shape index (κ3) is 3.01. The lowest BCUT2D eigenvalue weighted by atomic mass is 10.1. The van der Waals surface area contributed by atoms with Crippen LogP contribution in [0.25, 0.3) is 28.1 Å². The number of hydrogen-bond donors (Lipinski definition) is 1. The van der Waals surface area contributed by atoms with Crippen LogP contribution in [0.15, 0.2) is 66.7 Å². The van der Waals surface area contributed by atoms with Gasteiger partial charge in [0.25, 0.3) is 5.91 Å². The minimum atomic E-state index is -0.147. The van der Waals surface area contributed by atoms with Crippen molar-refractivity contribution in [3.8, 4) is 23.1 Å². The van der Waals surface area contributed by atoms with E-state index >= 15 is 0 Å². The number of benzene rings is 3. The van der Waals surface area contributed by atoms with E-state index in [2.05, 4.69) is 40.2 Å². The van der Waals surface area contributed by atoms with E-state index < -0.39 is 0 Å². The molecule has 0 bridgehead atoms. The fourth-order valence-electron chi connectivity index (χ4n) is 3.21. The Morgan fingerprint density at radius 2 is 1.75 bits per heavy atom. The van der Waals surface area contributed by atoms with Gasteiger partial charge in [-0.25, -0.2) is 4.98 Å². The standard InChI is InChI=1S/C23H18N4O/c1-15-3-10-19(11-4-15)27-21-12-9-18(23(28)25-2)13-20(21)26-22(27)17-7-5-16(14-24)6-8-17/h3-13H,1-2H3,(H,25,28). The normalized spacial score (nSPS) is 10.6. The summed E-state index contributed by atoms with van der Waals surface area (Å²) >= 11 is 0.